The van der Waals surface area contributed by atoms with Gasteiger partial charge in [0.2, 0.25) is 0 Å². The van der Waals surface area contributed by atoms with Crippen LogP contribution in [0.3, 0.4) is 0 Å². The predicted octanol–water partition coefficient (Wildman–Crippen LogP) is 2.36. The van der Waals surface area contributed by atoms with Crippen LogP contribution in [0.4, 0.5) is 0 Å². The first-order valence-electron chi connectivity index (χ1n) is 7.02. The Balaban J connectivity index is 1.74. The molecule has 4 nitrogen and oxygen atoms in total. The first kappa shape index (κ1) is 12.5. The molecule has 4 heteroatoms. The van der Waals surface area contributed by atoms with Crippen LogP contribution in [-0.4, -0.2) is 22.6 Å². The van der Waals surface area contributed by atoms with Crippen molar-refractivity contribution < 1.29 is 4.42 Å². The molecule has 102 valence electrons. The van der Waals surface area contributed by atoms with Gasteiger partial charge in [0, 0.05) is 30.3 Å². The molecule has 0 saturated carbocycles. The van der Waals surface area contributed by atoms with E-state index in [9.17, 15) is 0 Å². The third kappa shape index (κ3) is 2.59. The van der Waals surface area contributed by atoms with Crippen LogP contribution in [0.1, 0.15) is 31.2 Å². The molecule has 3 heterocycles. The summed E-state index contributed by atoms with van der Waals surface area (Å²) in [5.41, 5.74) is 1.62. The second-order valence-electron chi connectivity index (χ2n) is 5.61. The lowest BCUT2D eigenvalue weighted by Gasteiger charge is -2.34. The molecule has 2 aromatic rings. The number of imidazole rings is 1. The van der Waals surface area contributed by atoms with E-state index in [1.807, 2.05) is 24.7 Å². The highest BCUT2D eigenvalue weighted by atomic mass is 16.3. The topological polar surface area (TPSA) is 43.0 Å². The Morgan fingerprint density at radius 2 is 2.26 bits per heavy atom. The average molecular weight is 259 g/mol. The van der Waals surface area contributed by atoms with Crippen molar-refractivity contribution in [1.82, 2.24) is 14.9 Å². The number of piperidine rings is 1. The van der Waals surface area contributed by atoms with Crippen LogP contribution in [0, 0.1) is 0 Å². The summed E-state index contributed by atoms with van der Waals surface area (Å²) in [6.45, 7) is 5.49. The minimum Gasteiger partial charge on any atom is -0.469 e. The van der Waals surface area contributed by atoms with Crippen LogP contribution < -0.4 is 5.32 Å². The third-order valence-corrected chi connectivity index (χ3v) is 4.22. The van der Waals surface area contributed by atoms with Crippen molar-refractivity contribution in [3.63, 3.8) is 0 Å². The van der Waals surface area contributed by atoms with Gasteiger partial charge in [-0.15, -0.1) is 0 Å². The van der Waals surface area contributed by atoms with Gasteiger partial charge in [0.25, 0.3) is 0 Å². The highest BCUT2D eigenvalue weighted by molar-refractivity contribution is 5.15. The molecule has 1 N–H and O–H groups in total. The molecule has 0 aromatic carbocycles. The predicted molar refractivity (Wildman–Crippen MR) is 74.1 cm³/mol. The van der Waals surface area contributed by atoms with Gasteiger partial charge in [0.05, 0.1) is 12.6 Å². The zero-order valence-electron chi connectivity index (χ0n) is 11.4. The molecule has 0 unspecified atom stereocenters. The molecule has 0 aliphatic carbocycles. The summed E-state index contributed by atoms with van der Waals surface area (Å²) in [6.07, 6.45) is 9.00. The third-order valence-electron chi connectivity index (χ3n) is 4.22. The van der Waals surface area contributed by atoms with Gasteiger partial charge in [0.1, 0.15) is 5.76 Å². The van der Waals surface area contributed by atoms with E-state index in [4.69, 9.17) is 4.42 Å². The lowest BCUT2D eigenvalue weighted by molar-refractivity contribution is 0.315. The van der Waals surface area contributed by atoms with Crippen molar-refractivity contribution in [3.8, 4) is 0 Å². The van der Waals surface area contributed by atoms with Crippen molar-refractivity contribution in [2.45, 2.75) is 38.1 Å². The zero-order valence-corrected chi connectivity index (χ0v) is 11.4. The van der Waals surface area contributed by atoms with E-state index >= 15 is 0 Å². The van der Waals surface area contributed by atoms with Crippen LogP contribution in [0.5, 0.6) is 0 Å². The zero-order chi connectivity index (χ0) is 13.1. The summed E-state index contributed by atoms with van der Waals surface area (Å²) < 4.78 is 7.68. The van der Waals surface area contributed by atoms with Gasteiger partial charge in [-0.2, -0.15) is 0 Å². The van der Waals surface area contributed by atoms with E-state index in [2.05, 4.69) is 21.8 Å². The normalized spacial score (nSPS) is 18.6. The standard InChI is InChI=1S/C15H21N3O/c1-15(5-7-16-8-6-15)14-11-17-12-18(14)9-4-13-3-2-10-19-13/h2-3,10-12,16H,4-9H2,1H3. The molecule has 2 aromatic heterocycles. The Labute approximate surface area is 113 Å². The highest BCUT2D eigenvalue weighted by Crippen LogP contribution is 2.32. The van der Waals surface area contributed by atoms with Crippen LogP contribution in [0.25, 0.3) is 0 Å². The minimum absolute atomic E-state index is 0.255. The number of hydrogen-bond donors (Lipinski definition) is 1. The summed E-state index contributed by atoms with van der Waals surface area (Å²) in [6, 6.07) is 3.97. The lowest BCUT2D eigenvalue weighted by Crippen LogP contribution is -2.39. The lowest BCUT2D eigenvalue weighted by atomic mass is 9.78. The monoisotopic (exact) mass is 259 g/mol. The second-order valence-corrected chi connectivity index (χ2v) is 5.61. The Morgan fingerprint density at radius 1 is 1.42 bits per heavy atom. The molecule has 1 aliphatic rings. The molecule has 0 radical (unpaired) electrons. The fourth-order valence-corrected chi connectivity index (χ4v) is 2.92. The SMILES string of the molecule is CC1(c2cncn2CCc2ccco2)CCNCC1. The van der Waals surface area contributed by atoms with Gasteiger partial charge >= 0.3 is 0 Å². The molecule has 0 bridgehead atoms. The number of furan rings is 1. The van der Waals surface area contributed by atoms with Crippen molar-refractivity contribution in [2.24, 2.45) is 0 Å². The maximum Gasteiger partial charge on any atom is 0.105 e. The molecule has 19 heavy (non-hydrogen) atoms. The van der Waals surface area contributed by atoms with E-state index in [0.717, 1.165) is 31.8 Å². The number of nitrogens with zero attached hydrogens (tertiary/aromatic N) is 2. The number of nitrogens with one attached hydrogen (secondary N) is 1. The Kier molecular flexibility index (Phi) is 3.42. The van der Waals surface area contributed by atoms with Crippen molar-refractivity contribution in [2.75, 3.05) is 13.1 Å². The number of aromatic nitrogens is 2. The van der Waals surface area contributed by atoms with E-state index in [1.165, 1.54) is 18.5 Å². The summed E-state index contributed by atoms with van der Waals surface area (Å²) in [5, 5.41) is 3.43. The summed E-state index contributed by atoms with van der Waals surface area (Å²) in [7, 11) is 0. The van der Waals surface area contributed by atoms with Crippen LogP contribution >= 0.6 is 0 Å². The van der Waals surface area contributed by atoms with Crippen molar-refractivity contribution in [3.05, 3.63) is 42.4 Å². The largest absolute Gasteiger partial charge is 0.469 e. The van der Waals surface area contributed by atoms with E-state index in [1.54, 1.807) is 6.26 Å². The first-order valence-corrected chi connectivity index (χ1v) is 7.02. The summed E-state index contributed by atoms with van der Waals surface area (Å²) >= 11 is 0. The van der Waals surface area contributed by atoms with Crippen molar-refractivity contribution >= 4 is 0 Å². The average Bonchev–Trinajstić information content (AvgIpc) is 3.09. The van der Waals surface area contributed by atoms with Gasteiger partial charge in [-0.25, -0.2) is 4.98 Å². The molecule has 0 atom stereocenters. The van der Waals surface area contributed by atoms with Crippen LogP contribution in [0.2, 0.25) is 0 Å². The molecular weight excluding hydrogens is 238 g/mol. The fourth-order valence-electron chi connectivity index (χ4n) is 2.92. The van der Waals surface area contributed by atoms with Crippen LogP contribution in [0.15, 0.2) is 35.3 Å². The first-order chi connectivity index (χ1) is 9.28. The van der Waals surface area contributed by atoms with Gasteiger partial charge < -0.3 is 14.3 Å². The molecule has 3 rings (SSSR count). The molecule has 0 amide bonds. The minimum atomic E-state index is 0.255. The van der Waals surface area contributed by atoms with E-state index in [-0.39, 0.29) is 5.41 Å². The Hall–Kier alpha value is -1.55. The Bertz CT molecular complexity index is 509. The van der Waals surface area contributed by atoms with Gasteiger partial charge in [-0.3, -0.25) is 0 Å². The molecule has 1 saturated heterocycles. The van der Waals surface area contributed by atoms with Crippen LogP contribution in [-0.2, 0) is 18.4 Å². The van der Waals surface area contributed by atoms with E-state index < -0.39 is 0 Å². The summed E-state index contributed by atoms with van der Waals surface area (Å²) in [4.78, 5) is 4.35. The van der Waals surface area contributed by atoms with Gasteiger partial charge in [0.15, 0.2) is 0 Å². The number of rotatable bonds is 4. The summed E-state index contributed by atoms with van der Waals surface area (Å²) in [5.74, 6) is 1.04. The van der Waals surface area contributed by atoms with Gasteiger partial charge in [-0.05, 0) is 38.1 Å². The smallest absolute Gasteiger partial charge is 0.105 e. The van der Waals surface area contributed by atoms with Gasteiger partial charge in [-0.1, -0.05) is 6.92 Å². The maximum atomic E-state index is 5.40. The number of hydrogen-bond acceptors (Lipinski definition) is 3. The number of aryl methyl sites for hydroxylation is 2. The van der Waals surface area contributed by atoms with Crippen molar-refractivity contribution in [1.29, 1.82) is 0 Å². The maximum absolute atomic E-state index is 5.40. The fraction of sp³-hybridized carbons (Fsp3) is 0.533. The quantitative estimate of drug-likeness (QED) is 0.916. The Morgan fingerprint density at radius 3 is 3.00 bits per heavy atom. The molecule has 1 fully saturated rings. The molecule has 0 spiro atoms. The molecule has 1 aliphatic heterocycles. The second kappa shape index (κ2) is 5.21. The highest BCUT2D eigenvalue weighted by Gasteiger charge is 2.31. The van der Waals surface area contributed by atoms with E-state index in [0.29, 0.717) is 0 Å². The molecular formula is C15H21N3O.